The highest BCUT2D eigenvalue weighted by atomic mass is 32.1. The second kappa shape index (κ2) is 7.48. The molecule has 0 amide bonds. The molecule has 0 aliphatic carbocycles. The lowest BCUT2D eigenvalue weighted by molar-refractivity contribution is 0.0740. The molecule has 1 heterocycles. The van der Waals surface area contributed by atoms with Crippen LogP contribution >= 0.6 is 11.3 Å². The Morgan fingerprint density at radius 2 is 1.80 bits per heavy atom. The molecule has 0 aliphatic heterocycles. The van der Waals surface area contributed by atoms with E-state index in [1.807, 2.05) is 24.4 Å². The molecule has 1 aromatic heterocycles. The number of ether oxygens (including phenoxy) is 1. The normalized spacial score (nSPS) is 14.4. The third-order valence-corrected chi connectivity index (χ3v) is 5.85. The predicted octanol–water partition coefficient (Wildman–Crippen LogP) is 4.46. The summed E-state index contributed by atoms with van der Waals surface area (Å²) in [6.45, 7) is 12.6. The molecule has 1 atom stereocenters. The lowest BCUT2D eigenvalue weighted by atomic mass is 9.82. The number of hydrogen-bond donors (Lipinski definition) is 1. The number of benzene rings is 1. The number of aliphatic hydroxyl groups is 1. The quantitative estimate of drug-likeness (QED) is 0.753. The van der Waals surface area contributed by atoms with E-state index < -0.39 is 14.6 Å². The lowest BCUT2D eigenvalue weighted by Crippen LogP contribution is -2.29. The number of aromatic nitrogens is 1. The van der Waals surface area contributed by atoms with E-state index in [4.69, 9.17) is 9.16 Å². The summed E-state index contributed by atoms with van der Waals surface area (Å²) >= 11 is 1.45. The van der Waals surface area contributed by atoms with Crippen LogP contribution in [0.25, 0.3) is 0 Å². The van der Waals surface area contributed by atoms with Gasteiger partial charge < -0.3 is 14.3 Å². The smallest absolute Gasteiger partial charge is 0.229 e. The van der Waals surface area contributed by atoms with Gasteiger partial charge in [-0.05, 0) is 24.9 Å². The van der Waals surface area contributed by atoms with E-state index in [9.17, 15) is 5.11 Å². The zero-order chi connectivity index (χ0) is 18.8. The molecule has 0 aliphatic rings. The summed E-state index contributed by atoms with van der Waals surface area (Å²) in [5, 5.41) is 14.0. The number of thiazole rings is 1. The monoisotopic (exact) mass is 379 g/mol. The van der Waals surface area contributed by atoms with Crippen LogP contribution in [0.4, 0.5) is 0 Å². The molecule has 0 saturated heterocycles. The van der Waals surface area contributed by atoms with Gasteiger partial charge in [-0.2, -0.15) is 0 Å². The van der Waals surface area contributed by atoms with Crippen molar-refractivity contribution in [1.82, 2.24) is 4.98 Å². The van der Waals surface area contributed by atoms with Crippen molar-refractivity contribution in [3.8, 4) is 11.5 Å². The molecule has 6 heteroatoms. The second-order valence-electron chi connectivity index (χ2n) is 7.49. The number of rotatable bonds is 6. The molecular formula is C19H29NO3SSi. The highest BCUT2D eigenvalue weighted by Crippen LogP contribution is 2.47. The Balaban J connectivity index is 2.77. The Hall–Kier alpha value is -1.37. The van der Waals surface area contributed by atoms with Crippen molar-refractivity contribution in [2.45, 2.75) is 58.2 Å². The minimum Gasteiger partial charge on any atom is -0.544 e. The van der Waals surface area contributed by atoms with Crippen LogP contribution in [0.2, 0.25) is 13.1 Å². The van der Waals surface area contributed by atoms with Gasteiger partial charge in [-0.1, -0.05) is 39.8 Å². The molecule has 1 N–H and O–H groups in total. The van der Waals surface area contributed by atoms with Crippen molar-refractivity contribution < 1.29 is 14.3 Å². The zero-order valence-corrected chi connectivity index (χ0v) is 18.2. The Bertz CT molecular complexity index is 710. The van der Waals surface area contributed by atoms with Gasteiger partial charge in [-0.3, -0.25) is 0 Å². The van der Waals surface area contributed by atoms with Crippen LogP contribution in [-0.4, -0.2) is 26.2 Å². The molecule has 0 spiro atoms. The summed E-state index contributed by atoms with van der Waals surface area (Å²) in [6.07, 6.45) is 2.23. The predicted molar refractivity (Wildman–Crippen MR) is 107 cm³/mol. The molecular weight excluding hydrogens is 350 g/mol. The van der Waals surface area contributed by atoms with E-state index in [1.165, 1.54) is 11.3 Å². The average molecular weight is 380 g/mol. The Morgan fingerprint density at radius 1 is 1.16 bits per heavy atom. The van der Waals surface area contributed by atoms with E-state index in [0.29, 0.717) is 17.2 Å². The van der Waals surface area contributed by atoms with Crippen molar-refractivity contribution >= 4 is 20.4 Å². The van der Waals surface area contributed by atoms with Crippen LogP contribution in [0.5, 0.6) is 11.5 Å². The summed E-state index contributed by atoms with van der Waals surface area (Å²) in [7, 11) is 0.252. The van der Waals surface area contributed by atoms with Gasteiger partial charge in [0.1, 0.15) is 10.6 Å². The van der Waals surface area contributed by atoms with Crippen molar-refractivity contribution in [3.63, 3.8) is 0 Å². The average Bonchev–Trinajstić information content (AvgIpc) is 3.07. The summed E-state index contributed by atoms with van der Waals surface area (Å²) in [5.74, 6) is 1.38. The molecule has 0 bridgehead atoms. The first-order valence-corrected chi connectivity index (χ1v) is 12.3. The van der Waals surface area contributed by atoms with Gasteiger partial charge in [-0.15, -0.1) is 11.3 Å². The maximum absolute atomic E-state index is 11.5. The molecule has 4 nitrogen and oxygen atoms in total. The van der Waals surface area contributed by atoms with Crippen molar-refractivity contribution in [3.05, 3.63) is 39.8 Å². The highest BCUT2D eigenvalue weighted by molar-refractivity contribution is 7.09. The third kappa shape index (κ3) is 3.91. The van der Waals surface area contributed by atoms with Crippen LogP contribution in [-0.2, 0) is 11.0 Å². The first-order chi connectivity index (χ1) is 11.6. The largest absolute Gasteiger partial charge is 0.544 e. The molecule has 1 unspecified atom stereocenters. The van der Waals surface area contributed by atoms with E-state index in [-0.39, 0.29) is 5.41 Å². The van der Waals surface area contributed by atoms with Crippen LogP contribution in [0.1, 0.15) is 50.3 Å². The van der Waals surface area contributed by atoms with Gasteiger partial charge in [0.2, 0.25) is 9.04 Å². The minimum atomic E-state index is -1.41. The van der Waals surface area contributed by atoms with Gasteiger partial charge in [0.05, 0.1) is 7.11 Å². The summed E-state index contributed by atoms with van der Waals surface area (Å²) < 4.78 is 12.1. The summed E-state index contributed by atoms with van der Waals surface area (Å²) in [5.41, 5.74) is 0.527. The molecule has 2 aromatic rings. The number of nitrogens with zero attached hydrogens (tertiary/aromatic N) is 1. The Kier molecular flexibility index (Phi) is 5.96. The number of methoxy groups -OCH3 is 1. The SMILES string of the molecule is CCC(O)(c1nccs1)c1ccc(C(C)(C)C)c(OC)c1O[SiH](C)C. The summed E-state index contributed by atoms with van der Waals surface area (Å²) in [4.78, 5) is 4.37. The van der Waals surface area contributed by atoms with E-state index in [1.54, 1.807) is 13.3 Å². The van der Waals surface area contributed by atoms with E-state index in [0.717, 1.165) is 16.9 Å². The second-order valence-corrected chi connectivity index (χ2v) is 10.7. The topological polar surface area (TPSA) is 51.6 Å². The zero-order valence-electron chi connectivity index (χ0n) is 16.2. The molecule has 2 rings (SSSR count). The molecule has 25 heavy (non-hydrogen) atoms. The lowest BCUT2D eigenvalue weighted by Gasteiger charge is -2.32. The molecule has 0 radical (unpaired) electrons. The number of hydrogen-bond acceptors (Lipinski definition) is 5. The van der Waals surface area contributed by atoms with Crippen LogP contribution < -0.4 is 9.16 Å². The maximum Gasteiger partial charge on any atom is 0.229 e. The molecule has 0 saturated carbocycles. The van der Waals surface area contributed by atoms with Gasteiger partial charge >= 0.3 is 0 Å². The van der Waals surface area contributed by atoms with Crippen molar-refractivity contribution in [1.29, 1.82) is 0 Å². The highest BCUT2D eigenvalue weighted by Gasteiger charge is 2.38. The van der Waals surface area contributed by atoms with Crippen LogP contribution in [0.3, 0.4) is 0 Å². The van der Waals surface area contributed by atoms with Gasteiger partial charge in [0.25, 0.3) is 0 Å². The van der Waals surface area contributed by atoms with E-state index in [2.05, 4.69) is 38.8 Å². The van der Waals surface area contributed by atoms with E-state index >= 15 is 0 Å². The third-order valence-electron chi connectivity index (χ3n) is 4.22. The van der Waals surface area contributed by atoms with Crippen LogP contribution in [0, 0.1) is 0 Å². The maximum atomic E-state index is 11.5. The first kappa shape index (κ1) is 19.9. The fourth-order valence-electron chi connectivity index (χ4n) is 2.92. The first-order valence-electron chi connectivity index (χ1n) is 8.66. The van der Waals surface area contributed by atoms with Crippen molar-refractivity contribution in [2.75, 3.05) is 7.11 Å². The van der Waals surface area contributed by atoms with Crippen LogP contribution in [0.15, 0.2) is 23.7 Å². The Labute approximate surface area is 156 Å². The fraction of sp³-hybridized carbons (Fsp3) is 0.526. The standard InChI is InChI=1S/C19H29NO3SSi/c1-8-19(21,17-20-11-12-24-17)14-10-9-13(18(2,3)4)15(22-5)16(14)23-25(6)7/h9-12,21,25H,8H2,1-7H3. The summed E-state index contributed by atoms with van der Waals surface area (Å²) in [6, 6.07) is 4.01. The minimum absolute atomic E-state index is 0.0912. The molecule has 138 valence electrons. The van der Waals surface area contributed by atoms with Crippen molar-refractivity contribution in [2.24, 2.45) is 0 Å². The Morgan fingerprint density at radius 3 is 2.24 bits per heavy atom. The molecule has 0 fully saturated rings. The van der Waals surface area contributed by atoms with Gasteiger partial charge in [0.15, 0.2) is 11.5 Å². The molecule has 1 aromatic carbocycles. The fourth-order valence-corrected chi connectivity index (χ4v) is 4.45. The van der Waals surface area contributed by atoms with Gasteiger partial charge in [0, 0.05) is 22.7 Å². The van der Waals surface area contributed by atoms with Gasteiger partial charge in [-0.25, -0.2) is 4.98 Å².